The zero-order valence-corrected chi connectivity index (χ0v) is 18.2. The van der Waals surface area contributed by atoms with Crippen molar-refractivity contribution in [3.05, 3.63) is 78.4 Å². The van der Waals surface area contributed by atoms with E-state index < -0.39 is 0 Å². The number of anilines is 3. The normalized spacial score (nSPS) is 9.25. The van der Waals surface area contributed by atoms with Crippen molar-refractivity contribution in [1.29, 1.82) is 0 Å². The smallest absolute Gasteiger partial charge is 0.119 e. The van der Waals surface area contributed by atoms with Crippen LogP contribution >= 0.6 is 0 Å². The van der Waals surface area contributed by atoms with E-state index in [-0.39, 0.29) is 0 Å². The molecular formula is C25H33NO2. The minimum atomic E-state index is 0.845. The molecule has 0 atom stereocenters. The van der Waals surface area contributed by atoms with E-state index in [9.17, 15) is 0 Å². The average Bonchev–Trinajstić information content (AvgIpc) is 2.79. The summed E-state index contributed by atoms with van der Waals surface area (Å²) < 4.78 is 10.5. The lowest BCUT2D eigenvalue weighted by atomic mass is 10.1. The van der Waals surface area contributed by atoms with Gasteiger partial charge in [0, 0.05) is 17.1 Å². The van der Waals surface area contributed by atoms with Gasteiger partial charge in [-0.15, -0.1) is 0 Å². The molecule has 0 fully saturated rings. The maximum Gasteiger partial charge on any atom is 0.119 e. The maximum absolute atomic E-state index is 5.27. The number of methoxy groups -OCH3 is 2. The number of rotatable bonds is 5. The van der Waals surface area contributed by atoms with Crippen molar-refractivity contribution in [3.8, 4) is 11.5 Å². The summed E-state index contributed by atoms with van der Waals surface area (Å²) in [5, 5.41) is 0. The van der Waals surface area contributed by atoms with Crippen molar-refractivity contribution < 1.29 is 9.47 Å². The van der Waals surface area contributed by atoms with Gasteiger partial charge < -0.3 is 14.4 Å². The van der Waals surface area contributed by atoms with Crippen molar-refractivity contribution in [2.45, 2.75) is 34.6 Å². The van der Waals surface area contributed by atoms with Gasteiger partial charge in [0.1, 0.15) is 11.5 Å². The molecule has 0 spiro atoms. The van der Waals surface area contributed by atoms with E-state index in [2.05, 4.69) is 60.4 Å². The molecule has 0 amide bonds. The molecule has 0 unspecified atom stereocenters. The fourth-order valence-electron chi connectivity index (χ4n) is 2.60. The zero-order chi connectivity index (χ0) is 20.9. The van der Waals surface area contributed by atoms with Crippen molar-refractivity contribution in [1.82, 2.24) is 0 Å². The zero-order valence-electron chi connectivity index (χ0n) is 18.2. The lowest BCUT2D eigenvalue weighted by Crippen LogP contribution is -2.09. The highest BCUT2D eigenvalue weighted by molar-refractivity contribution is 5.77. The van der Waals surface area contributed by atoms with E-state index in [4.69, 9.17) is 9.47 Å². The molecule has 0 saturated heterocycles. The minimum absolute atomic E-state index is 0.845. The van der Waals surface area contributed by atoms with Crippen LogP contribution < -0.4 is 14.4 Å². The largest absolute Gasteiger partial charge is 0.497 e. The van der Waals surface area contributed by atoms with Gasteiger partial charge in [-0.25, -0.2) is 0 Å². The van der Waals surface area contributed by atoms with Crippen molar-refractivity contribution in [3.63, 3.8) is 0 Å². The summed E-state index contributed by atoms with van der Waals surface area (Å²) in [6.07, 6.45) is 0. The molecule has 3 aromatic rings. The Morgan fingerprint density at radius 2 is 0.786 bits per heavy atom. The van der Waals surface area contributed by atoms with Crippen LogP contribution in [-0.2, 0) is 0 Å². The molecule has 28 heavy (non-hydrogen) atoms. The highest BCUT2D eigenvalue weighted by Crippen LogP contribution is 2.35. The SMILES string of the molecule is CC.CC.COc1ccc(N(c2ccc(C)cc2)c2ccc(OC)cc2)cc1. The number of benzene rings is 3. The molecule has 0 aliphatic heterocycles. The van der Waals surface area contributed by atoms with E-state index in [0.717, 1.165) is 28.6 Å². The van der Waals surface area contributed by atoms with Crippen LogP contribution in [0, 0.1) is 6.92 Å². The molecule has 0 N–H and O–H groups in total. The molecule has 0 heterocycles. The van der Waals surface area contributed by atoms with Crippen molar-refractivity contribution in [2.24, 2.45) is 0 Å². The number of hydrogen-bond acceptors (Lipinski definition) is 3. The molecule has 0 aromatic heterocycles. The number of nitrogens with zero attached hydrogens (tertiary/aromatic N) is 1. The van der Waals surface area contributed by atoms with Crippen LogP contribution in [0.15, 0.2) is 72.8 Å². The number of aryl methyl sites for hydroxylation is 1. The van der Waals surface area contributed by atoms with Gasteiger partial charge in [-0.05, 0) is 67.6 Å². The first-order valence-corrected chi connectivity index (χ1v) is 9.86. The molecule has 0 aliphatic carbocycles. The van der Waals surface area contributed by atoms with Crippen LogP contribution in [0.1, 0.15) is 33.3 Å². The monoisotopic (exact) mass is 379 g/mol. The van der Waals surface area contributed by atoms with Crippen LogP contribution in [0.4, 0.5) is 17.1 Å². The third-order valence-electron chi connectivity index (χ3n) is 3.95. The molecule has 3 rings (SSSR count). The van der Waals surface area contributed by atoms with Crippen LogP contribution in [0.5, 0.6) is 11.5 Å². The Labute approximate surface area is 170 Å². The summed E-state index contributed by atoms with van der Waals surface area (Å²) in [6.45, 7) is 10.1. The molecule has 150 valence electrons. The molecular weight excluding hydrogens is 346 g/mol. The lowest BCUT2D eigenvalue weighted by Gasteiger charge is -2.25. The number of hydrogen-bond donors (Lipinski definition) is 0. The van der Waals surface area contributed by atoms with Gasteiger partial charge >= 0.3 is 0 Å². The quantitative estimate of drug-likeness (QED) is 0.457. The predicted octanol–water partition coefficient (Wildman–Crippen LogP) is 7.53. The Balaban J connectivity index is 0.000000921. The minimum Gasteiger partial charge on any atom is -0.497 e. The summed E-state index contributed by atoms with van der Waals surface area (Å²) >= 11 is 0. The fraction of sp³-hybridized carbons (Fsp3) is 0.280. The highest BCUT2D eigenvalue weighted by Gasteiger charge is 2.12. The van der Waals surface area contributed by atoms with E-state index in [1.54, 1.807) is 14.2 Å². The van der Waals surface area contributed by atoms with E-state index >= 15 is 0 Å². The van der Waals surface area contributed by atoms with Gasteiger partial charge in [0.15, 0.2) is 0 Å². The topological polar surface area (TPSA) is 21.7 Å². The summed E-state index contributed by atoms with van der Waals surface area (Å²) in [5.74, 6) is 1.69. The van der Waals surface area contributed by atoms with Crippen LogP contribution in [0.3, 0.4) is 0 Å². The first kappa shape index (κ1) is 23.1. The summed E-state index contributed by atoms with van der Waals surface area (Å²) in [6, 6.07) is 24.6. The Hall–Kier alpha value is -2.94. The molecule has 0 saturated carbocycles. The standard InChI is InChI=1S/C21H21NO2.2C2H6/c1-16-4-6-17(7-5-16)22(18-8-12-20(23-2)13-9-18)19-10-14-21(24-3)15-11-19;2*1-2/h4-15H,1-3H3;2*1-2H3. The molecule has 3 nitrogen and oxygen atoms in total. The van der Waals surface area contributed by atoms with Crippen LogP contribution in [-0.4, -0.2) is 14.2 Å². The van der Waals surface area contributed by atoms with E-state index in [1.807, 2.05) is 52.0 Å². The summed E-state index contributed by atoms with van der Waals surface area (Å²) in [4.78, 5) is 2.21. The predicted molar refractivity (Wildman–Crippen MR) is 122 cm³/mol. The molecule has 3 heteroatoms. The Kier molecular flexibility index (Phi) is 10.3. The third kappa shape index (κ3) is 6.05. The van der Waals surface area contributed by atoms with Gasteiger partial charge in [0.25, 0.3) is 0 Å². The Bertz CT molecular complexity index is 731. The van der Waals surface area contributed by atoms with E-state index in [0.29, 0.717) is 0 Å². The molecule has 3 aromatic carbocycles. The van der Waals surface area contributed by atoms with Gasteiger partial charge in [0.2, 0.25) is 0 Å². The van der Waals surface area contributed by atoms with Crippen molar-refractivity contribution >= 4 is 17.1 Å². The van der Waals surface area contributed by atoms with Gasteiger partial charge in [-0.2, -0.15) is 0 Å². The van der Waals surface area contributed by atoms with Crippen LogP contribution in [0.2, 0.25) is 0 Å². The lowest BCUT2D eigenvalue weighted by molar-refractivity contribution is 0.415. The second-order valence-corrected chi connectivity index (χ2v) is 5.57. The molecule has 0 aliphatic rings. The third-order valence-corrected chi connectivity index (χ3v) is 3.95. The fourth-order valence-corrected chi connectivity index (χ4v) is 2.60. The highest BCUT2D eigenvalue weighted by atomic mass is 16.5. The van der Waals surface area contributed by atoms with Gasteiger partial charge in [0.05, 0.1) is 14.2 Å². The summed E-state index contributed by atoms with van der Waals surface area (Å²) in [7, 11) is 3.35. The van der Waals surface area contributed by atoms with E-state index in [1.165, 1.54) is 5.56 Å². The Morgan fingerprint density at radius 3 is 1.07 bits per heavy atom. The number of ether oxygens (including phenoxy) is 2. The average molecular weight is 380 g/mol. The Morgan fingerprint density at radius 1 is 0.500 bits per heavy atom. The molecule has 0 radical (unpaired) electrons. The molecule has 0 bridgehead atoms. The van der Waals surface area contributed by atoms with Crippen molar-refractivity contribution in [2.75, 3.05) is 19.1 Å². The maximum atomic E-state index is 5.27. The van der Waals surface area contributed by atoms with Gasteiger partial charge in [-0.1, -0.05) is 45.4 Å². The van der Waals surface area contributed by atoms with Gasteiger partial charge in [-0.3, -0.25) is 0 Å². The van der Waals surface area contributed by atoms with Crippen LogP contribution in [0.25, 0.3) is 0 Å². The second-order valence-electron chi connectivity index (χ2n) is 5.57. The summed E-state index contributed by atoms with van der Waals surface area (Å²) in [5.41, 5.74) is 4.49. The second kappa shape index (κ2) is 12.4. The first-order chi connectivity index (χ1) is 13.7. The first-order valence-electron chi connectivity index (χ1n) is 9.86.